The van der Waals surface area contributed by atoms with Crippen molar-refractivity contribution >= 4 is 0 Å². The number of rotatable bonds is 10. The van der Waals surface area contributed by atoms with Gasteiger partial charge in [0.25, 0.3) is 0 Å². The van der Waals surface area contributed by atoms with Gasteiger partial charge in [-0.2, -0.15) is 0 Å². The first-order valence-corrected chi connectivity index (χ1v) is 8.33. The summed E-state index contributed by atoms with van der Waals surface area (Å²) in [5.74, 6) is 0.616. The molecule has 0 amide bonds. The van der Waals surface area contributed by atoms with E-state index in [9.17, 15) is 0 Å². The number of hydrogen-bond donors (Lipinski definition) is 1. The predicted octanol–water partition coefficient (Wildman–Crippen LogP) is 3.04. The predicted molar refractivity (Wildman–Crippen MR) is 86.6 cm³/mol. The van der Waals surface area contributed by atoms with Crippen LogP contribution in [0.2, 0.25) is 0 Å². The Bertz CT molecular complexity index is 363. The number of ether oxygens (including phenoxy) is 2. The minimum atomic E-state index is 0.448. The van der Waals surface area contributed by atoms with Crippen molar-refractivity contribution < 1.29 is 9.47 Å². The molecule has 1 aromatic rings. The molecule has 118 valence electrons. The first-order chi connectivity index (χ1) is 10.4. The monoisotopic (exact) mass is 291 g/mol. The highest BCUT2D eigenvalue weighted by Gasteiger charge is 2.25. The van der Waals surface area contributed by atoms with Crippen LogP contribution in [-0.2, 0) is 15.9 Å². The van der Waals surface area contributed by atoms with Crippen LogP contribution in [0.4, 0.5) is 0 Å². The van der Waals surface area contributed by atoms with Gasteiger partial charge in [-0.05, 0) is 37.8 Å². The van der Waals surface area contributed by atoms with Crippen LogP contribution in [0.3, 0.4) is 0 Å². The Hall–Kier alpha value is -0.900. The van der Waals surface area contributed by atoms with Gasteiger partial charge in [-0.3, -0.25) is 0 Å². The van der Waals surface area contributed by atoms with E-state index < -0.39 is 0 Å². The van der Waals surface area contributed by atoms with Crippen molar-refractivity contribution in [2.45, 2.75) is 38.6 Å². The molecule has 3 nitrogen and oxygen atoms in total. The Kier molecular flexibility index (Phi) is 7.79. The van der Waals surface area contributed by atoms with Gasteiger partial charge >= 0.3 is 0 Å². The Morgan fingerprint density at radius 3 is 2.90 bits per heavy atom. The first kappa shape index (κ1) is 16.5. The fraction of sp³-hybridized carbons (Fsp3) is 0.667. The van der Waals surface area contributed by atoms with E-state index >= 15 is 0 Å². The van der Waals surface area contributed by atoms with Crippen molar-refractivity contribution in [1.82, 2.24) is 5.32 Å². The van der Waals surface area contributed by atoms with E-state index in [-0.39, 0.29) is 0 Å². The number of hydrogen-bond acceptors (Lipinski definition) is 3. The molecule has 1 aliphatic heterocycles. The van der Waals surface area contributed by atoms with E-state index in [0.717, 1.165) is 58.7 Å². The van der Waals surface area contributed by atoms with Crippen LogP contribution >= 0.6 is 0 Å². The maximum atomic E-state index is 5.91. The smallest absolute Gasteiger partial charge is 0.0623 e. The molecular weight excluding hydrogens is 262 g/mol. The van der Waals surface area contributed by atoms with Gasteiger partial charge in [0.1, 0.15) is 0 Å². The summed E-state index contributed by atoms with van der Waals surface area (Å²) in [6.45, 7) is 6.71. The molecule has 1 saturated heterocycles. The zero-order valence-electron chi connectivity index (χ0n) is 13.2. The molecule has 0 radical (unpaired) electrons. The maximum absolute atomic E-state index is 5.91. The molecule has 2 unspecified atom stereocenters. The molecular formula is C18H29NO2. The van der Waals surface area contributed by atoms with Crippen molar-refractivity contribution in [1.29, 1.82) is 0 Å². The molecule has 1 heterocycles. The summed E-state index contributed by atoms with van der Waals surface area (Å²) in [6.07, 6.45) is 4.51. The van der Waals surface area contributed by atoms with Crippen LogP contribution < -0.4 is 5.32 Å². The van der Waals surface area contributed by atoms with Crippen molar-refractivity contribution in [3.63, 3.8) is 0 Å². The fourth-order valence-corrected chi connectivity index (χ4v) is 2.79. The zero-order chi connectivity index (χ0) is 14.8. The molecule has 0 bridgehead atoms. The quantitative estimate of drug-likeness (QED) is 0.672. The Morgan fingerprint density at radius 1 is 1.33 bits per heavy atom. The lowest BCUT2D eigenvalue weighted by Crippen LogP contribution is -2.41. The molecule has 3 heteroatoms. The Labute approximate surface area is 129 Å². The van der Waals surface area contributed by atoms with Gasteiger partial charge in [0, 0.05) is 25.2 Å². The number of aryl methyl sites for hydroxylation is 1. The van der Waals surface area contributed by atoms with Crippen LogP contribution in [0.1, 0.15) is 31.7 Å². The minimum Gasteiger partial charge on any atom is -0.381 e. The maximum Gasteiger partial charge on any atom is 0.0623 e. The molecule has 21 heavy (non-hydrogen) atoms. The summed E-state index contributed by atoms with van der Waals surface area (Å²) >= 11 is 0. The topological polar surface area (TPSA) is 30.5 Å². The molecule has 1 N–H and O–H groups in total. The van der Waals surface area contributed by atoms with Crippen LogP contribution in [0.15, 0.2) is 30.3 Å². The van der Waals surface area contributed by atoms with Crippen LogP contribution in [0, 0.1) is 5.92 Å². The Morgan fingerprint density at radius 2 is 2.19 bits per heavy atom. The average Bonchev–Trinajstić information content (AvgIpc) is 3.05. The SMILES string of the molecule is CCCNC(COCCCc1ccccc1)C1CCOC1. The molecule has 0 spiro atoms. The van der Waals surface area contributed by atoms with E-state index in [2.05, 4.69) is 42.6 Å². The average molecular weight is 291 g/mol. The largest absolute Gasteiger partial charge is 0.381 e. The lowest BCUT2D eigenvalue weighted by molar-refractivity contribution is 0.0858. The summed E-state index contributed by atoms with van der Waals surface area (Å²) < 4.78 is 11.4. The zero-order valence-corrected chi connectivity index (χ0v) is 13.2. The van der Waals surface area contributed by atoms with Crippen molar-refractivity contribution in [2.75, 3.05) is 33.0 Å². The Balaban J connectivity index is 1.62. The molecule has 0 aromatic heterocycles. The fourth-order valence-electron chi connectivity index (χ4n) is 2.79. The lowest BCUT2D eigenvalue weighted by Gasteiger charge is -2.23. The van der Waals surface area contributed by atoms with Crippen molar-refractivity contribution in [3.05, 3.63) is 35.9 Å². The van der Waals surface area contributed by atoms with Crippen LogP contribution in [0.25, 0.3) is 0 Å². The number of benzene rings is 1. The summed E-state index contributed by atoms with van der Waals surface area (Å²) in [5.41, 5.74) is 1.39. The van der Waals surface area contributed by atoms with Crippen LogP contribution in [0.5, 0.6) is 0 Å². The molecule has 0 saturated carbocycles. The first-order valence-electron chi connectivity index (χ1n) is 8.33. The highest BCUT2D eigenvalue weighted by Crippen LogP contribution is 2.17. The van der Waals surface area contributed by atoms with Crippen molar-refractivity contribution in [3.8, 4) is 0 Å². The summed E-state index contributed by atoms with van der Waals surface area (Å²) in [5, 5.41) is 3.61. The third-order valence-electron chi connectivity index (χ3n) is 4.08. The van der Waals surface area contributed by atoms with E-state index in [4.69, 9.17) is 9.47 Å². The highest BCUT2D eigenvalue weighted by molar-refractivity contribution is 5.14. The molecule has 1 aromatic carbocycles. The van der Waals surface area contributed by atoms with Gasteiger partial charge in [-0.25, -0.2) is 0 Å². The van der Waals surface area contributed by atoms with E-state index in [1.807, 2.05) is 0 Å². The van der Waals surface area contributed by atoms with Gasteiger partial charge in [0.15, 0.2) is 0 Å². The molecule has 2 rings (SSSR count). The van der Waals surface area contributed by atoms with Crippen LogP contribution in [-0.4, -0.2) is 39.0 Å². The standard InChI is InChI=1S/C18H29NO2/c1-2-11-19-18(17-10-13-21-14-17)15-20-12-6-9-16-7-4-3-5-8-16/h3-5,7-8,17-19H,2,6,9-15H2,1H3. The van der Waals surface area contributed by atoms with E-state index in [1.165, 1.54) is 5.56 Å². The molecule has 1 fully saturated rings. The van der Waals surface area contributed by atoms with E-state index in [0.29, 0.717) is 12.0 Å². The molecule has 0 aliphatic carbocycles. The molecule has 2 atom stereocenters. The second-order valence-electron chi connectivity index (χ2n) is 5.85. The minimum absolute atomic E-state index is 0.448. The summed E-state index contributed by atoms with van der Waals surface area (Å²) in [6, 6.07) is 11.1. The van der Waals surface area contributed by atoms with Gasteiger partial charge in [-0.1, -0.05) is 37.3 Å². The lowest BCUT2D eigenvalue weighted by atomic mass is 9.99. The second-order valence-corrected chi connectivity index (χ2v) is 5.85. The summed E-state index contributed by atoms with van der Waals surface area (Å²) in [7, 11) is 0. The number of nitrogens with one attached hydrogen (secondary N) is 1. The summed E-state index contributed by atoms with van der Waals surface area (Å²) in [4.78, 5) is 0. The van der Waals surface area contributed by atoms with E-state index in [1.54, 1.807) is 0 Å². The van der Waals surface area contributed by atoms with Gasteiger partial charge in [-0.15, -0.1) is 0 Å². The van der Waals surface area contributed by atoms with Gasteiger partial charge in [0.05, 0.1) is 13.2 Å². The van der Waals surface area contributed by atoms with Crippen molar-refractivity contribution in [2.24, 2.45) is 5.92 Å². The normalized spacial score (nSPS) is 19.8. The second kappa shape index (κ2) is 9.93. The van der Waals surface area contributed by atoms with Gasteiger partial charge in [0.2, 0.25) is 0 Å². The van der Waals surface area contributed by atoms with Gasteiger partial charge < -0.3 is 14.8 Å². The third kappa shape index (κ3) is 6.16. The third-order valence-corrected chi connectivity index (χ3v) is 4.08. The highest BCUT2D eigenvalue weighted by atomic mass is 16.5. The molecule has 1 aliphatic rings.